The van der Waals surface area contributed by atoms with E-state index >= 15 is 0 Å². The minimum atomic E-state index is -1.43. The molecule has 0 unspecified atom stereocenters. The maximum absolute atomic E-state index is 6.60. The number of nitrogens with zero attached hydrogens (tertiary/aromatic N) is 2. The van der Waals surface area contributed by atoms with E-state index in [0.29, 0.717) is 0 Å². The number of furan rings is 1. The van der Waals surface area contributed by atoms with Crippen molar-refractivity contribution in [2.45, 2.75) is 77.8 Å². The molecule has 0 spiro atoms. The molecular formula is C49H50N2OSi2. The third kappa shape index (κ3) is 5.63. The Bertz CT molecular complexity index is 2700. The average molecular weight is 739 g/mol. The molecule has 0 fully saturated rings. The lowest BCUT2D eigenvalue weighted by Gasteiger charge is -2.39. The van der Waals surface area contributed by atoms with Gasteiger partial charge in [-0.1, -0.05) is 161 Å². The molecule has 6 aromatic carbocycles. The molecule has 9 rings (SSSR count). The van der Waals surface area contributed by atoms with Crippen molar-refractivity contribution < 1.29 is 4.42 Å². The minimum absolute atomic E-state index is 0.281. The Morgan fingerprint density at radius 3 is 1.87 bits per heavy atom. The molecule has 0 aliphatic carbocycles. The van der Waals surface area contributed by atoms with Crippen molar-refractivity contribution in [3.8, 4) is 39.3 Å². The van der Waals surface area contributed by atoms with Crippen LogP contribution in [0.1, 0.15) is 50.7 Å². The van der Waals surface area contributed by atoms with Crippen LogP contribution in [0.15, 0.2) is 126 Å². The molecule has 54 heavy (non-hydrogen) atoms. The molecule has 0 amide bonds. The summed E-state index contributed by atoms with van der Waals surface area (Å²) in [6.45, 7) is 19.5. The third-order valence-corrected chi connectivity index (χ3v) is 19.8. The summed E-state index contributed by atoms with van der Waals surface area (Å²) in [6, 6.07) is 47.8. The Morgan fingerprint density at radius 1 is 0.574 bits per heavy atom. The van der Waals surface area contributed by atoms with Crippen molar-refractivity contribution >= 4 is 59.5 Å². The van der Waals surface area contributed by atoms with E-state index < -0.39 is 16.1 Å². The highest BCUT2D eigenvalue weighted by Crippen LogP contribution is 2.43. The lowest BCUT2D eigenvalue weighted by molar-refractivity contribution is 0.669. The van der Waals surface area contributed by atoms with Crippen molar-refractivity contribution in [1.29, 1.82) is 0 Å². The Balaban J connectivity index is 1.20. The van der Waals surface area contributed by atoms with E-state index in [4.69, 9.17) is 9.40 Å². The maximum Gasteiger partial charge on any atom is 0.149 e. The van der Waals surface area contributed by atoms with Gasteiger partial charge in [-0.05, 0) is 81.6 Å². The van der Waals surface area contributed by atoms with Crippen LogP contribution in [0, 0.1) is 0 Å². The summed E-state index contributed by atoms with van der Waals surface area (Å²) in [4.78, 5) is 5.35. The Morgan fingerprint density at radius 2 is 1.17 bits per heavy atom. The van der Waals surface area contributed by atoms with Gasteiger partial charge >= 0.3 is 0 Å². The van der Waals surface area contributed by atoms with Gasteiger partial charge in [0.25, 0.3) is 0 Å². The van der Waals surface area contributed by atoms with Crippen molar-refractivity contribution in [3.05, 3.63) is 132 Å². The monoisotopic (exact) mass is 738 g/mol. The first-order chi connectivity index (χ1) is 25.9. The number of fused-ring (bicyclic) bond motifs is 5. The van der Waals surface area contributed by atoms with E-state index in [1.54, 1.807) is 10.4 Å². The van der Waals surface area contributed by atoms with E-state index in [2.05, 4.69) is 174 Å². The molecule has 8 aromatic rings. The molecule has 5 heteroatoms. The first-order valence-corrected chi connectivity index (χ1v) is 26.1. The number of benzene rings is 6. The molecule has 1 aliphatic rings. The minimum Gasteiger partial charge on any atom is -0.455 e. The molecule has 0 saturated heterocycles. The molecule has 0 radical (unpaired) electrons. The normalized spacial score (nSPS) is 15.1. The second kappa shape index (κ2) is 12.8. The van der Waals surface area contributed by atoms with Crippen LogP contribution in [0.2, 0.25) is 38.3 Å². The smallest absolute Gasteiger partial charge is 0.149 e. The van der Waals surface area contributed by atoms with E-state index in [1.807, 2.05) is 6.07 Å². The number of rotatable bonds is 6. The number of para-hydroxylation sites is 4. The molecule has 0 saturated carbocycles. The van der Waals surface area contributed by atoms with Crippen LogP contribution in [0.4, 0.5) is 0 Å². The summed E-state index contributed by atoms with van der Waals surface area (Å²) >= 11 is 0. The zero-order chi connectivity index (χ0) is 37.5. The third-order valence-electron chi connectivity index (χ3n) is 12.2. The molecule has 2 aromatic heterocycles. The topological polar surface area (TPSA) is 31.0 Å². The Hall–Kier alpha value is -4.98. The molecule has 0 atom stereocenters. The van der Waals surface area contributed by atoms with Gasteiger partial charge in [0, 0.05) is 10.8 Å². The van der Waals surface area contributed by atoms with E-state index in [1.165, 1.54) is 51.2 Å². The van der Waals surface area contributed by atoms with Gasteiger partial charge in [0.1, 0.15) is 17.0 Å². The maximum atomic E-state index is 6.60. The molecule has 3 nitrogen and oxygen atoms in total. The number of aromatic nitrogens is 2. The summed E-state index contributed by atoms with van der Waals surface area (Å²) in [5, 5.41) is 5.65. The van der Waals surface area contributed by atoms with E-state index in [0.717, 1.165) is 44.4 Å². The zero-order valence-corrected chi connectivity index (χ0v) is 34.9. The number of hydrogen-bond acceptors (Lipinski definition) is 2. The first-order valence-electron chi connectivity index (χ1n) is 19.7. The average Bonchev–Trinajstić information content (AvgIpc) is 3.75. The van der Waals surface area contributed by atoms with Gasteiger partial charge in [-0.3, -0.25) is 4.57 Å². The van der Waals surface area contributed by atoms with Crippen molar-refractivity contribution in [3.63, 3.8) is 0 Å². The predicted molar refractivity (Wildman–Crippen MR) is 237 cm³/mol. The summed E-state index contributed by atoms with van der Waals surface area (Å²) in [5.41, 5.74) is 13.9. The second-order valence-corrected chi connectivity index (χ2v) is 27.1. The fourth-order valence-corrected chi connectivity index (χ4v) is 19.2. The Labute approximate surface area is 321 Å². The first kappa shape index (κ1) is 34.8. The van der Waals surface area contributed by atoms with Crippen molar-refractivity contribution in [1.82, 2.24) is 9.55 Å². The van der Waals surface area contributed by atoms with Gasteiger partial charge < -0.3 is 4.42 Å². The zero-order valence-electron chi connectivity index (χ0n) is 32.9. The molecule has 0 bridgehead atoms. The van der Waals surface area contributed by atoms with Crippen LogP contribution in [0.5, 0.6) is 0 Å². The molecule has 270 valence electrons. The lowest BCUT2D eigenvalue weighted by Crippen LogP contribution is -2.63. The van der Waals surface area contributed by atoms with Gasteiger partial charge in [0.15, 0.2) is 0 Å². The van der Waals surface area contributed by atoms with Crippen molar-refractivity contribution in [2.24, 2.45) is 0 Å². The number of hydrogen-bond donors (Lipinski definition) is 0. The summed E-state index contributed by atoms with van der Waals surface area (Å²) < 4.78 is 9.01. The van der Waals surface area contributed by atoms with Gasteiger partial charge in [-0.2, -0.15) is 0 Å². The highest BCUT2D eigenvalue weighted by Gasteiger charge is 2.39. The van der Waals surface area contributed by atoms with Gasteiger partial charge in [0.05, 0.1) is 38.4 Å². The van der Waals surface area contributed by atoms with E-state index in [9.17, 15) is 0 Å². The summed E-state index contributed by atoms with van der Waals surface area (Å²) in [6.07, 6.45) is 0. The predicted octanol–water partition coefficient (Wildman–Crippen LogP) is 13.0. The SMILES string of the molecule is CC(C)c1cc(-c2ccc(-c3ccc4c(c3)[Si](C)(C)CC[Si]4(C)C)cc2)cc(C(C)C)c1-n1c(-c2cccc3c2oc2ccccc23)nc2ccccc21. The molecular weight excluding hydrogens is 689 g/mol. The fraction of sp³-hybridized carbons (Fsp3) is 0.245. The largest absolute Gasteiger partial charge is 0.455 e. The van der Waals surface area contributed by atoms with Gasteiger partial charge in [0.2, 0.25) is 0 Å². The van der Waals surface area contributed by atoms with Crippen LogP contribution in [-0.4, -0.2) is 25.7 Å². The van der Waals surface area contributed by atoms with Crippen LogP contribution >= 0.6 is 0 Å². The standard InChI is InChI=1S/C49H50N2OSi2/c1-31(2)40-28-36(34-22-20-33(21-23-34)35-24-25-45-46(30-35)54(7,8)27-26-53(45,5)6)29-41(32(3)4)47(40)51-43-18-11-10-17-42(43)50-49(51)39-16-13-15-38-37-14-9-12-19-44(37)52-48(38)39/h9-25,28-32H,26-27H2,1-8H3. The quantitative estimate of drug-likeness (QED) is 0.159. The van der Waals surface area contributed by atoms with Gasteiger partial charge in [-0.15, -0.1) is 0 Å². The Kier molecular flexibility index (Phi) is 8.25. The van der Waals surface area contributed by atoms with Crippen LogP contribution in [-0.2, 0) is 0 Å². The summed E-state index contributed by atoms with van der Waals surface area (Å²) in [7, 11) is -2.80. The lowest BCUT2D eigenvalue weighted by atomic mass is 9.87. The molecule has 1 aliphatic heterocycles. The van der Waals surface area contributed by atoms with Crippen LogP contribution in [0.3, 0.4) is 0 Å². The van der Waals surface area contributed by atoms with Crippen LogP contribution < -0.4 is 10.4 Å². The van der Waals surface area contributed by atoms with Gasteiger partial charge in [-0.25, -0.2) is 4.98 Å². The van der Waals surface area contributed by atoms with Crippen LogP contribution in [0.25, 0.3) is 72.3 Å². The molecule has 0 N–H and O–H groups in total. The van der Waals surface area contributed by atoms with Crippen molar-refractivity contribution in [2.75, 3.05) is 0 Å². The highest BCUT2D eigenvalue weighted by molar-refractivity contribution is 7.03. The fourth-order valence-electron chi connectivity index (χ4n) is 8.96. The highest BCUT2D eigenvalue weighted by atomic mass is 28.3. The molecule has 3 heterocycles. The second-order valence-electron chi connectivity index (χ2n) is 17.5. The van der Waals surface area contributed by atoms with E-state index in [-0.39, 0.29) is 11.8 Å². The number of imidazole rings is 1. The summed E-state index contributed by atoms with van der Waals surface area (Å²) in [5.74, 6) is 1.47.